The number of amides is 1. The molecule has 1 aromatic heterocycles. The van der Waals surface area contributed by atoms with Crippen LogP contribution in [0.1, 0.15) is 27.0 Å². The normalized spacial score (nSPS) is 10.3. The van der Waals surface area contributed by atoms with Gasteiger partial charge in [0, 0.05) is 12.1 Å². The molecule has 1 amide bonds. The number of aryl methyl sites for hydroxylation is 2. The molecule has 0 atom stereocenters. The van der Waals surface area contributed by atoms with E-state index in [4.69, 9.17) is 4.74 Å². The lowest BCUT2D eigenvalue weighted by Gasteiger charge is -2.09. The lowest BCUT2D eigenvalue weighted by Crippen LogP contribution is -2.13. The van der Waals surface area contributed by atoms with Crippen molar-refractivity contribution in [3.63, 3.8) is 0 Å². The first-order valence-electron chi connectivity index (χ1n) is 8.76. The summed E-state index contributed by atoms with van der Waals surface area (Å²) >= 11 is 0. The minimum Gasteiger partial charge on any atom is -0.497 e. The van der Waals surface area contributed by atoms with Crippen LogP contribution in [0.15, 0.2) is 60.8 Å². The molecule has 0 spiro atoms. The predicted octanol–water partition coefficient (Wildman–Crippen LogP) is 4.57. The van der Waals surface area contributed by atoms with Crippen LogP contribution in [0.25, 0.3) is 0 Å². The van der Waals surface area contributed by atoms with Crippen LogP contribution < -0.4 is 15.4 Å². The summed E-state index contributed by atoms with van der Waals surface area (Å²) < 4.78 is 5.16. The van der Waals surface area contributed by atoms with Gasteiger partial charge in [0.2, 0.25) is 0 Å². The van der Waals surface area contributed by atoms with Crippen LogP contribution in [0.5, 0.6) is 5.75 Å². The summed E-state index contributed by atoms with van der Waals surface area (Å²) in [5.74, 6) is 1.20. The van der Waals surface area contributed by atoms with Gasteiger partial charge < -0.3 is 15.4 Å². The third kappa shape index (κ3) is 4.85. The van der Waals surface area contributed by atoms with Gasteiger partial charge in [0.15, 0.2) is 0 Å². The highest BCUT2D eigenvalue weighted by Gasteiger charge is 2.08. The molecule has 0 aliphatic rings. The van der Waals surface area contributed by atoms with E-state index in [1.807, 2.05) is 62.4 Å². The number of nitrogens with zero attached hydrogens (tertiary/aromatic N) is 1. The van der Waals surface area contributed by atoms with E-state index in [0.29, 0.717) is 17.9 Å². The maximum absolute atomic E-state index is 12.3. The van der Waals surface area contributed by atoms with Crippen LogP contribution in [0.2, 0.25) is 0 Å². The quantitative estimate of drug-likeness (QED) is 0.675. The number of anilines is 2. The fraction of sp³-hybridized carbons (Fsp3) is 0.182. The van der Waals surface area contributed by atoms with Gasteiger partial charge in [-0.05, 0) is 66.9 Å². The van der Waals surface area contributed by atoms with Gasteiger partial charge in [-0.3, -0.25) is 4.79 Å². The first-order chi connectivity index (χ1) is 13.0. The number of benzene rings is 2. The summed E-state index contributed by atoms with van der Waals surface area (Å²) in [7, 11) is 1.65. The Morgan fingerprint density at radius 1 is 1.00 bits per heavy atom. The van der Waals surface area contributed by atoms with Gasteiger partial charge >= 0.3 is 0 Å². The van der Waals surface area contributed by atoms with Crippen molar-refractivity contribution in [1.29, 1.82) is 0 Å². The molecule has 0 saturated heterocycles. The molecule has 2 N–H and O–H groups in total. The Hall–Kier alpha value is -3.34. The van der Waals surface area contributed by atoms with Crippen LogP contribution in [-0.4, -0.2) is 18.0 Å². The molecule has 0 aliphatic carbocycles. The third-order valence-corrected chi connectivity index (χ3v) is 4.43. The van der Waals surface area contributed by atoms with Gasteiger partial charge in [-0.25, -0.2) is 4.98 Å². The monoisotopic (exact) mass is 361 g/mol. The van der Waals surface area contributed by atoms with Crippen molar-refractivity contribution in [1.82, 2.24) is 4.98 Å². The highest BCUT2D eigenvalue weighted by molar-refractivity contribution is 6.03. The molecular weight excluding hydrogens is 338 g/mol. The molecule has 0 fully saturated rings. The predicted molar refractivity (Wildman–Crippen MR) is 108 cm³/mol. The molecule has 3 rings (SSSR count). The minimum atomic E-state index is -0.162. The first kappa shape index (κ1) is 18.5. The van der Waals surface area contributed by atoms with E-state index in [1.54, 1.807) is 19.4 Å². The van der Waals surface area contributed by atoms with Crippen molar-refractivity contribution in [2.75, 3.05) is 17.7 Å². The molecule has 1 heterocycles. The zero-order valence-electron chi connectivity index (χ0n) is 15.7. The number of hydrogen-bond donors (Lipinski definition) is 2. The van der Waals surface area contributed by atoms with Crippen molar-refractivity contribution in [3.8, 4) is 5.75 Å². The Balaban J connectivity index is 1.57. The zero-order valence-corrected chi connectivity index (χ0v) is 15.7. The molecule has 3 aromatic rings. The van der Waals surface area contributed by atoms with Crippen molar-refractivity contribution in [2.45, 2.75) is 20.4 Å². The van der Waals surface area contributed by atoms with Crippen molar-refractivity contribution >= 4 is 17.4 Å². The second-order valence-electron chi connectivity index (χ2n) is 6.39. The van der Waals surface area contributed by atoms with E-state index in [9.17, 15) is 4.79 Å². The molecule has 0 radical (unpaired) electrons. The van der Waals surface area contributed by atoms with Gasteiger partial charge in [-0.1, -0.05) is 18.2 Å². The van der Waals surface area contributed by atoms with Gasteiger partial charge in [0.1, 0.15) is 11.6 Å². The maximum Gasteiger partial charge on any atom is 0.256 e. The van der Waals surface area contributed by atoms with Crippen molar-refractivity contribution < 1.29 is 9.53 Å². The minimum absolute atomic E-state index is 0.162. The van der Waals surface area contributed by atoms with Crippen LogP contribution in [0.4, 0.5) is 11.5 Å². The van der Waals surface area contributed by atoms with Gasteiger partial charge in [0.25, 0.3) is 5.91 Å². The summed E-state index contributed by atoms with van der Waals surface area (Å²) in [6.45, 7) is 4.70. The molecule has 5 heteroatoms. The average molecular weight is 361 g/mol. The molecule has 2 aromatic carbocycles. The van der Waals surface area contributed by atoms with Crippen molar-refractivity contribution in [3.05, 3.63) is 83.0 Å². The zero-order chi connectivity index (χ0) is 19.2. The van der Waals surface area contributed by atoms with E-state index in [-0.39, 0.29) is 5.91 Å². The highest BCUT2D eigenvalue weighted by atomic mass is 16.5. The molecule has 0 saturated carbocycles. The Morgan fingerprint density at radius 3 is 2.41 bits per heavy atom. The van der Waals surface area contributed by atoms with Crippen LogP contribution >= 0.6 is 0 Å². The largest absolute Gasteiger partial charge is 0.497 e. The number of carbonyl (C=O) groups excluding carboxylic acids is 1. The highest BCUT2D eigenvalue weighted by Crippen LogP contribution is 2.16. The number of rotatable bonds is 6. The summed E-state index contributed by atoms with van der Waals surface area (Å²) in [6, 6.07) is 17.2. The van der Waals surface area contributed by atoms with E-state index < -0.39 is 0 Å². The van der Waals surface area contributed by atoms with Crippen LogP contribution in [-0.2, 0) is 6.54 Å². The second kappa shape index (κ2) is 8.36. The smallest absolute Gasteiger partial charge is 0.256 e. The SMILES string of the molecule is COc1ccc(CNc2ccc(NC(=O)c3ccc(C)c(C)c3)nc2)cc1. The fourth-order valence-electron chi connectivity index (χ4n) is 2.59. The van der Waals surface area contributed by atoms with E-state index >= 15 is 0 Å². The molecule has 0 bridgehead atoms. The second-order valence-corrected chi connectivity index (χ2v) is 6.39. The number of ether oxygens (including phenoxy) is 1. The van der Waals surface area contributed by atoms with Gasteiger partial charge in [0.05, 0.1) is 19.0 Å². The standard InChI is InChI=1S/C22H23N3O2/c1-15-4-7-18(12-16(15)2)22(26)25-21-11-8-19(14-24-21)23-13-17-5-9-20(27-3)10-6-17/h4-12,14,23H,13H2,1-3H3,(H,24,25,26). The Bertz CT molecular complexity index is 919. The summed E-state index contributed by atoms with van der Waals surface area (Å²) in [5, 5.41) is 6.14. The first-order valence-corrected chi connectivity index (χ1v) is 8.76. The molecule has 138 valence electrons. The van der Waals surface area contributed by atoms with Crippen LogP contribution in [0, 0.1) is 13.8 Å². The number of methoxy groups -OCH3 is 1. The lowest BCUT2D eigenvalue weighted by molar-refractivity contribution is 0.102. The fourth-order valence-corrected chi connectivity index (χ4v) is 2.59. The van der Waals surface area contributed by atoms with Gasteiger partial charge in [-0.15, -0.1) is 0 Å². The maximum atomic E-state index is 12.3. The van der Waals surface area contributed by atoms with Crippen LogP contribution in [0.3, 0.4) is 0 Å². The Labute approximate surface area is 159 Å². The molecule has 0 aliphatic heterocycles. The van der Waals surface area contributed by atoms with E-state index in [2.05, 4.69) is 15.6 Å². The Morgan fingerprint density at radius 2 is 1.78 bits per heavy atom. The average Bonchev–Trinajstić information content (AvgIpc) is 2.70. The van der Waals surface area contributed by atoms with Gasteiger partial charge in [-0.2, -0.15) is 0 Å². The Kier molecular flexibility index (Phi) is 5.71. The van der Waals surface area contributed by atoms with E-state index in [1.165, 1.54) is 0 Å². The lowest BCUT2D eigenvalue weighted by atomic mass is 10.1. The van der Waals surface area contributed by atoms with Crippen molar-refractivity contribution in [2.24, 2.45) is 0 Å². The number of pyridine rings is 1. The number of aromatic nitrogens is 1. The van der Waals surface area contributed by atoms with E-state index in [0.717, 1.165) is 28.1 Å². The summed E-state index contributed by atoms with van der Waals surface area (Å²) in [5.41, 5.74) is 4.91. The number of hydrogen-bond acceptors (Lipinski definition) is 4. The topological polar surface area (TPSA) is 63.2 Å². The molecule has 27 heavy (non-hydrogen) atoms. The number of carbonyl (C=O) groups is 1. The molecule has 5 nitrogen and oxygen atoms in total. The summed E-state index contributed by atoms with van der Waals surface area (Å²) in [6.07, 6.45) is 1.71. The summed E-state index contributed by atoms with van der Waals surface area (Å²) in [4.78, 5) is 16.7. The molecule has 0 unspecified atom stereocenters. The molecular formula is C22H23N3O2. The number of nitrogens with one attached hydrogen (secondary N) is 2. The third-order valence-electron chi connectivity index (χ3n) is 4.43.